The fourth-order valence-electron chi connectivity index (χ4n) is 1.87. The van der Waals surface area contributed by atoms with Crippen molar-refractivity contribution >= 4 is 5.69 Å². The van der Waals surface area contributed by atoms with Crippen molar-refractivity contribution in [2.75, 3.05) is 7.11 Å². The first-order chi connectivity index (χ1) is 10.4. The lowest BCUT2D eigenvalue weighted by Gasteiger charge is -2.08. The summed E-state index contributed by atoms with van der Waals surface area (Å²) in [6.07, 6.45) is 0. The summed E-state index contributed by atoms with van der Waals surface area (Å²) in [4.78, 5) is 37.6. The Labute approximate surface area is 123 Å². The van der Waals surface area contributed by atoms with Crippen molar-refractivity contribution in [1.29, 1.82) is 0 Å². The van der Waals surface area contributed by atoms with Crippen molar-refractivity contribution < 1.29 is 14.4 Å². The Morgan fingerprint density at radius 1 is 1.27 bits per heavy atom. The lowest BCUT2D eigenvalue weighted by Crippen LogP contribution is -2.25. The fourth-order valence-corrected chi connectivity index (χ4v) is 1.87. The van der Waals surface area contributed by atoms with Gasteiger partial charge in [0.1, 0.15) is 12.4 Å². The first kappa shape index (κ1) is 15.3. The van der Waals surface area contributed by atoms with Crippen molar-refractivity contribution in [2.24, 2.45) is 0 Å². The molecule has 0 spiro atoms. The Balaban J connectivity index is 2.31. The molecule has 0 saturated heterocycles. The molecule has 1 aromatic heterocycles. The van der Waals surface area contributed by atoms with Crippen LogP contribution >= 0.6 is 0 Å². The lowest BCUT2D eigenvalue weighted by molar-refractivity contribution is -0.385. The number of benzene rings is 1. The van der Waals surface area contributed by atoms with Crippen LogP contribution in [0.5, 0.6) is 11.5 Å². The number of nitro groups is 1. The van der Waals surface area contributed by atoms with E-state index < -0.39 is 16.2 Å². The summed E-state index contributed by atoms with van der Waals surface area (Å²) >= 11 is 0. The lowest BCUT2D eigenvalue weighted by atomic mass is 10.2. The molecule has 0 amide bonds. The molecule has 0 unspecified atom stereocenters. The van der Waals surface area contributed by atoms with Gasteiger partial charge in [-0.2, -0.15) is 0 Å². The Bertz CT molecular complexity index is 823. The molecule has 0 fully saturated rings. The number of aromatic nitrogens is 2. The van der Waals surface area contributed by atoms with Gasteiger partial charge in [0, 0.05) is 0 Å². The largest absolute Gasteiger partial charge is 0.497 e. The SMILES string of the molecule is COc1ccc(COc2c(C)[nH]c(=O)[nH]c2=O)c([N+](=O)[O-])c1. The molecule has 0 aliphatic carbocycles. The zero-order chi connectivity index (χ0) is 16.3. The van der Waals surface area contributed by atoms with Crippen LogP contribution in [0.3, 0.4) is 0 Å². The maximum absolute atomic E-state index is 11.6. The molecule has 1 aromatic carbocycles. The predicted molar refractivity (Wildman–Crippen MR) is 76.4 cm³/mol. The van der Waals surface area contributed by atoms with Crippen LogP contribution in [0.2, 0.25) is 0 Å². The zero-order valence-electron chi connectivity index (χ0n) is 11.8. The highest BCUT2D eigenvalue weighted by atomic mass is 16.6. The molecule has 9 heteroatoms. The zero-order valence-corrected chi connectivity index (χ0v) is 11.8. The average Bonchev–Trinajstić information content (AvgIpc) is 2.46. The maximum atomic E-state index is 11.6. The van der Waals surface area contributed by atoms with Crippen molar-refractivity contribution in [3.8, 4) is 11.5 Å². The second-order valence-corrected chi connectivity index (χ2v) is 4.40. The van der Waals surface area contributed by atoms with Crippen molar-refractivity contribution in [1.82, 2.24) is 9.97 Å². The molecule has 1 heterocycles. The van der Waals surface area contributed by atoms with Crippen LogP contribution in [0.4, 0.5) is 5.69 Å². The van der Waals surface area contributed by atoms with E-state index in [0.717, 1.165) is 0 Å². The van der Waals surface area contributed by atoms with Crippen LogP contribution < -0.4 is 20.7 Å². The highest BCUT2D eigenvalue weighted by Crippen LogP contribution is 2.25. The Kier molecular flexibility index (Phi) is 4.25. The minimum Gasteiger partial charge on any atom is -0.497 e. The Hall–Kier alpha value is -3.10. The number of hydrogen-bond donors (Lipinski definition) is 2. The fraction of sp³-hybridized carbons (Fsp3) is 0.231. The van der Waals surface area contributed by atoms with Gasteiger partial charge in [-0.3, -0.25) is 19.9 Å². The van der Waals surface area contributed by atoms with Gasteiger partial charge in [-0.1, -0.05) is 0 Å². The van der Waals surface area contributed by atoms with Gasteiger partial charge in [-0.15, -0.1) is 0 Å². The molecule has 22 heavy (non-hydrogen) atoms. The smallest absolute Gasteiger partial charge is 0.326 e. The van der Waals surface area contributed by atoms with Crippen LogP contribution in [0, 0.1) is 17.0 Å². The summed E-state index contributed by atoms with van der Waals surface area (Å²) in [5.41, 5.74) is -1.01. The second-order valence-electron chi connectivity index (χ2n) is 4.40. The van der Waals surface area contributed by atoms with E-state index in [1.807, 2.05) is 4.98 Å². The summed E-state index contributed by atoms with van der Waals surface area (Å²) in [5, 5.41) is 11.1. The molecule has 116 valence electrons. The number of hydrogen-bond acceptors (Lipinski definition) is 6. The van der Waals surface area contributed by atoms with Crippen LogP contribution in [0.25, 0.3) is 0 Å². The minimum atomic E-state index is -0.697. The topological polar surface area (TPSA) is 127 Å². The molecule has 9 nitrogen and oxygen atoms in total. The summed E-state index contributed by atoms with van der Waals surface area (Å²) in [5.74, 6) is 0.248. The number of nitrogens with one attached hydrogen (secondary N) is 2. The van der Waals surface area contributed by atoms with Crippen molar-refractivity contribution in [2.45, 2.75) is 13.5 Å². The third-order valence-corrected chi connectivity index (χ3v) is 2.94. The van der Waals surface area contributed by atoms with E-state index in [4.69, 9.17) is 9.47 Å². The number of nitrogens with zero attached hydrogens (tertiary/aromatic N) is 1. The summed E-state index contributed by atoms with van der Waals surface area (Å²) in [6, 6.07) is 4.30. The number of H-pyrrole nitrogens is 2. The minimum absolute atomic E-state index is 0.0929. The third-order valence-electron chi connectivity index (χ3n) is 2.94. The van der Waals surface area contributed by atoms with Crippen LogP contribution in [0.15, 0.2) is 27.8 Å². The molecule has 0 bridgehead atoms. The van der Waals surface area contributed by atoms with Gasteiger partial charge >= 0.3 is 5.69 Å². The van der Waals surface area contributed by atoms with Crippen LogP contribution in [-0.4, -0.2) is 22.0 Å². The summed E-state index contributed by atoms with van der Waals surface area (Å²) in [6.45, 7) is 1.30. The number of aryl methyl sites for hydroxylation is 1. The molecular weight excluding hydrogens is 294 g/mol. The maximum Gasteiger partial charge on any atom is 0.326 e. The van der Waals surface area contributed by atoms with Gasteiger partial charge in [0.25, 0.3) is 11.2 Å². The average molecular weight is 307 g/mol. The van der Waals surface area contributed by atoms with E-state index in [-0.39, 0.29) is 29.3 Å². The summed E-state index contributed by atoms with van der Waals surface area (Å²) in [7, 11) is 1.40. The molecule has 2 rings (SSSR count). The Morgan fingerprint density at radius 3 is 2.59 bits per heavy atom. The van der Waals surface area contributed by atoms with E-state index in [1.165, 1.54) is 26.2 Å². The molecule has 0 aliphatic rings. The van der Waals surface area contributed by atoms with Crippen LogP contribution in [-0.2, 0) is 6.61 Å². The molecule has 0 aliphatic heterocycles. The van der Waals surface area contributed by atoms with E-state index in [2.05, 4.69) is 4.98 Å². The quantitative estimate of drug-likeness (QED) is 0.623. The van der Waals surface area contributed by atoms with Gasteiger partial charge in [0.15, 0.2) is 0 Å². The van der Waals surface area contributed by atoms with Gasteiger partial charge in [0.2, 0.25) is 5.75 Å². The predicted octanol–water partition coefficient (Wildman–Crippen LogP) is 0.867. The highest BCUT2D eigenvalue weighted by molar-refractivity contribution is 5.46. The van der Waals surface area contributed by atoms with Gasteiger partial charge in [-0.05, 0) is 19.1 Å². The standard InChI is InChI=1S/C13H13N3O6/c1-7-11(12(17)15-13(18)14-7)22-6-8-3-4-9(21-2)5-10(8)16(19)20/h3-5H,6H2,1-2H3,(H2,14,15,17,18). The normalized spacial score (nSPS) is 10.3. The van der Waals surface area contributed by atoms with E-state index in [1.54, 1.807) is 6.07 Å². The molecule has 2 N–H and O–H groups in total. The molecular formula is C13H13N3O6. The van der Waals surface area contributed by atoms with Gasteiger partial charge in [0.05, 0.1) is 29.4 Å². The van der Waals surface area contributed by atoms with Gasteiger partial charge < -0.3 is 14.5 Å². The third kappa shape index (κ3) is 3.14. The first-order valence-electron chi connectivity index (χ1n) is 6.19. The van der Waals surface area contributed by atoms with Crippen molar-refractivity contribution in [3.63, 3.8) is 0 Å². The van der Waals surface area contributed by atoms with Gasteiger partial charge in [-0.25, -0.2) is 4.79 Å². The number of aromatic amines is 2. The molecule has 0 radical (unpaired) electrons. The number of rotatable bonds is 5. The van der Waals surface area contributed by atoms with E-state index in [9.17, 15) is 19.7 Å². The number of nitro benzene ring substituents is 1. The number of ether oxygens (including phenoxy) is 2. The highest BCUT2D eigenvalue weighted by Gasteiger charge is 2.17. The molecule has 0 saturated carbocycles. The second kappa shape index (κ2) is 6.12. The van der Waals surface area contributed by atoms with Crippen molar-refractivity contribution in [3.05, 3.63) is 60.4 Å². The summed E-state index contributed by atoms with van der Waals surface area (Å²) < 4.78 is 10.2. The Morgan fingerprint density at radius 2 is 2.00 bits per heavy atom. The monoisotopic (exact) mass is 307 g/mol. The van der Waals surface area contributed by atoms with E-state index in [0.29, 0.717) is 5.75 Å². The molecule has 2 aromatic rings. The van der Waals surface area contributed by atoms with E-state index >= 15 is 0 Å². The molecule has 0 atom stereocenters. The van der Waals surface area contributed by atoms with Crippen LogP contribution in [0.1, 0.15) is 11.3 Å². The first-order valence-corrected chi connectivity index (χ1v) is 6.19. The number of methoxy groups -OCH3 is 1.